The van der Waals surface area contributed by atoms with Crippen molar-refractivity contribution in [3.63, 3.8) is 0 Å². The fourth-order valence-electron chi connectivity index (χ4n) is 3.22. The standard InChI is InChI=1S/C20H23ClN2O3S2/c1-27-17-6-8-18(9-7-17)28(25,26)23-12-10-15(11-13-23)20(24)22-14-16-4-2-3-5-19(16)21/h2-9,15H,10-14H2,1H3,(H,22,24). The van der Waals surface area contributed by atoms with Crippen LogP contribution in [-0.2, 0) is 21.4 Å². The summed E-state index contributed by atoms with van der Waals surface area (Å²) in [4.78, 5) is 13.8. The quantitative estimate of drug-likeness (QED) is 0.697. The predicted molar refractivity (Wildman–Crippen MR) is 113 cm³/mol. The summed E-state index contributed by atoms with van der Waals surface area (Å²) in [6.07, 6.45) is 2.97. The molecule has 0 spiro atoms. The summed E-state index contributed by atoms with van der Waals surface area (Å²) in [5, 5.41) is 3.54. The summed E-state index contributed by atoms with van der Waals surface area (Å²) in [7, 11) is -3.52. The topological polar surface area (TPSA) is 66.5 Å². The zero-order valence-electron chi connectivity index (χ0n) is 15.6. The van der Waals surface area contributed by atoms with Crippen LogP contribution < -0.4 is 5.32 Å². The zero-order valence-corrected chi connectivity index (χ0v) is 18.0. The number of nitrogens with one attached hydrogen (secondary N) is 1. The number of nitrogens with zero attached hydrogens (tertiary/aromatic N) is 1. The third-order valence-electron chi connectivity index (χ3n) is 4.93. The Balaban J connectivity index is 1.55. The van der Waals surface area contributed by atoms with Gasteiger partial charge in [0.2, 0.25) is 15.9 Å². The van der Waals surface area contributed by atoms with E-state index in [1.54, 1.807) is 30.0 Å². The molecule has 1 saturated heterocycles. The van der Waals surface area contributed by atoms with Crippen LogP contribution in [0.15, 0.2) is 58.3 Å². The summed E-state index contributed by atoms with van der Waals surface area (Å²) in [6.45, 7) is 1.06. The van der Waals surface area contributed by atoms with Gasteiger partial charge >= 0.3 is 0 Å². The Hall–Kier alpha value is -1.54. The Morgan fingerprint density at radius 1 is 1.14 bits per heavy atom. The molecule has 2 aromatic carbocycles. The first-order valence-electron chi connectivity index (χ1n) is 9.07. The molecule has 0 aromatic heterocycles. The van der Waals surface area contributed by atoms with E-state index in [0.29, 0.717) is 42.4 Å². The SMILES string of the molecule is CSc1ccc(S(=O)(=O)N2CCC(C(=O)NCc3ccccc3Cl)CC2)cc1. The van der Waals surface area contributed by atoms with Crippen molar-refractivity contribution in [1.29, 1.82) is 0 Å². The summed E-state index contributed by atoms with van der Waals surface area (Å²) >= 11 is 7.68. The molecule has 28 heavy (non-hydrogen) atoms. The van der Waals surface area contributed by atoms with Gasteiger partial charge in [-0.3, -0.25) is 4.79 Å². The number of hydrogen-bond acceptors (Lipinski definition) is 4. The molecule has 8 heteroatoms. The molecule has 0 aliphatic carbocycles. The lowest BCUT2D eigenvalue weighted by Crippen LogP contribution is -2.42. The molecule has 1 heterocycles. The van der Waals surface area contributed by atoms with Crippen LogP contribution in [-0.4, -0.2) is 38.0 Å². The van der Waals surface area contributed by atoms with Gasteiger partial charge in [-0.05, 0) is 55.0 Å². The molecule has 1 amide bonds. The predicted octanol–water partition coefficient (Wildman–Crippen LogP) is 3.78. The summed E-state index contributed by atoms with van der Waals surface area (Å²) in [6, 6.07) is 14.3. The number of sulfonamides is 1. The summed E-state index contributed by atoms with van der Waals surface area (Å²) in [5.41, 5.74) is 0.867. The van der Waals surface area contributed by atoms with Crippen molar-refractivity contribution in [2.45, 2.75) is 29.2 Å². The highest BCUT2D eigenvalue weighted by Gasteiger charge is 2.32. The van der Waals surface area contributed by atoms with Gasteiger partial charge in [0.05, 0.1) is 4.90 Å². The van der Waals surface area contributed by atoms with E-state index in [1.165, 1.54) is 4.31 Å². The summed E-state index contributed by atoms with van der Waals surface area (Å²) in [5.74, 6) is -0.242. The Labute approximate surface area is 175 Å². The van der Waals surface area contributed by atoms with Crippen molar-refractivity contribution >= 4 is 39.3 Å². The Morgan fingerprint density at radius 3 is 2.39 bits per heavy atom. The van der Waals surface area contributed by atoms with Crippen LogP contribution in [0, 0.1) is 5.92 Å². The van der Waals surface area contributed by atoms with E-state index in [1.807, 2.05) is 36.6 Å². The number of rotatable bonds is 6. The van der Waals surface area contributed by atoms with Gasteiger partial charge in [-0.2, -0.15) is 4.31 Å². The molecule has 1 fully saturated rings. The highest BCUT2D eigenvalue weighted by molar-refractivity contribution is 7.98. The van der Waals surface area contributed by atoms with Crippen molar-refractivity contribution in [3.8, 4) is 0 Å². The second-order valence-electron chi connectivity index (χ2n) is 6.66. The molecule has 3 rings (SSSR count). The first-order chi connectivity index (χ1) is 13.4. The van der Waals surface area contributed by atoms with E-state index in [9.17, 15) is 13.2 Å². The number of hydrogen-bond donors (Lipinski definition) is 1. The van der Waals surface area contributed by atoms with Crippen molar-refractivity contribution in [2.75, 3.05) is 19.3 Å². The van der Waals surface area contributed by atoms with Crippen molar-refractivity contribution in [3.05, 3.63) is 59.1 Å². The van der Waals surface area contributed by atoms with Crippen LogP contribution >= 0.6 is 23.4 Å². The van der Waals surface area contributed by atoms with Crippen LogP contribution in [0.4, 0.5) is 0 Å². The van der Waals surface area contributed by atoms with E-state index < -0.39 is 10.0 Å². The van der Waals surface area contributed by atoms with Crippen LogP contribution in [0.2, 0.25) is 5.02 Å². The smallest absolute Gasteiger partial charge is 0.243 e. The molecule has 1 aliphatic heterocycles. The fourth-order valence-corrected chi connectivity index (χ4v) is 5.30. The molecule has 0 radical (unpaired) electrons. The zero-order chi connectivity index (χ0) is 20.1. The van der Waals surface area contributed by atoms with Gasteiger partial charge in [0.15, 0.2) is 0 Å². The lowest BCUT2D eigenvalue weighted by atomic mass is 9.97. The molecule has 1 N–H and O–H groups in total. The van der Waals surface area contributed by atoms with E-state index >= 15 is 0 Å². The maximum Gasteiger partial charge on any atom is 0.243 e. The molecular formula is C20H23ClN2O3S2. The third kappa shape index (κ3) is 4.89. The van der Waals surface area contributed by atoms with Gasteiger partial charge < -0.3 is 5.32 Å². The maximum atomic E-state index is 12.8. The van der Waals surface area contributed by atoms with Crippen molar-refractivity contribution in [2.24, 2.45) is 5.92 Å². The Morgan fingerprint density at radius 2 is 1.79 bits per heavy atom. The van der Waals surface area contributed by atoms with Crippen LogP contribution in [0.5, 0.6) is 0 Å². The highest BCUT2D eigenvalue weighted by atomic mass is 35.5. The van der Waals surface area contributed by atoms with Crippen LogP contribution in [0.3, 0.4) is 0 Å². The normalized spacial score (nSPS) is 16.1. The first-order valence-corrected chi connectivity index (χ1v) is 12.1. The number of carbonyl (C=O) groups excluding carboxylic acids is 1. The molecular weight excluding hydrogens is 416 g/mol. The third-order valence-corrected chi connectivity index (χ3v) is 7.96. The van der Waals surface area contributed by atoms with Gasteiger partial charge in [0.25, 0.3) is 0 Å². The van der Waals surface area contributed by atoms with E-state index in [2.05, 4.69) is 5.32 Å². The number of benzene rings is 2. The van der Waals surface area contributed by atoms with Gasteiger partial charge in [-0.1, -0.05) is 29.8 Å². The largest absolute Gasteiger partial charge is 0.352 e. The molecule has 5 nitrogen and oxygen atoms in total. The molecule has 0 unspecified atom stereocenters. The molecule has 150 valence electrons. The second-order valence-corrected chi connectivity index (χ2v) is 9.89. The van der Waals surface area contributed by atoms with Gasteiger partial charge in [0, 0.05) is 35.5 Å². The van der Waals surface area contributed by atoms with Crippen molar-refractivity contribution in [1.82, 2.24) is 9.62 Å². The second kappa shape index (κ2) is 9.31. The monoisotopic (exact) mass is 438 g/mol. The molecule has 0 atom stereocenters. The molecule has 0 bridgehead atoms. The van der Waals surface area contributed by atoms with Gasteiger partial charge in [-0.15, -0.1) is 11.8 Å². The number of halogens is 1. The number of carbonyl (C=O) groups is 1. The molecule has 0 saturated carbocycles. The van der Waals surface area contributed by atoms with Crippen LogP contribution in [0.1, 0.15) is 18.4 Å². The highest BCUT2D eigenvalue weighted by Crippen LogP contribution is 2.25. The Kier molecular flexibility index (Phi) is 7.04. The number of thioether (sulfide) groups is 1. The van der Waals surface area contributed by atoms with Crippen molar-refractivity contribution < 1.29 is 13.2 Å². The minimum absolute atomic E-state index is 0.0544. The lowest BCUT2D eigenvalue weighted by Gasteiger charge is -2.30. The first kappa shape index (κ1) is 21.2. The minimum Gasteiger partial charge on any atom is -0.352 e. The molecule has 1 aliphatic rings. The average molecular weight is 439 g/mol. The summed E-state index contributed by atoms with van der Waals surface area (Å²) < 4.78 is 27.1. The number of piperidine rings is 1. The number of amides is 1. The lowest BCUT2D eigenvalue weighted by molar-refractivity contribution is -0.126. The Bertz CT molecular complexity index is 925. The average Bonchev–Trinajstić information content (AvgIpc) is 2.73. The molecule has 2 aromatic rings. The van der Waals surface area contributed by atoms with E-state index in [-0.39, 0.29) is 11.8 Å². The van der Waals surface area contributed by atoms with Gasteiger partial charge in [-0.25, -0.2) is 8.42 Å². The fraction of sp³-hybridized carbons (Fsp3) is 0.350. The van der Waals surface area contributed by atoms with E-state index in [4.69, 9.17) is 11.6 Å². The maximum absolute atomic E-state index is 12.8. The minimum atomic E-state index is -3.52. The van der Waals surface area contributed by atoms with Crippen LogP contribution in [0.25, 0.3) is 0 Å². The van der Waals surface area contributed by atoms with Gasteiger partial charge in [0.1, 0.15) is 0 Å². The van der Waals surface area contributed by atoms with E-state index in [0.717, 1.165) is 10.5 Å².